The van der Waals surface area contributed by atoms with Gasteiger partial charge in [-0.2, -0.15) is 0 Å². The molecule has 0 bridgehead atoms. The van der Waals surface area contributed by atoms with Gasteiger partial charge in [0.2, 0.25) is 0 Å². The molecule has 0 unspecified atom stereocenters. The van der Waals surface area contributed by atoms with Crippen LogP contribution in [0, 0.1) is 0 Å². The van der Waals surface area contributed by atoms with Gasteiger partial charge in [-0.25, -0.2) is 4.98 Å². The van der Waals surface area contributed by atoms with Crippen molar-refractivity contribution in [1.82, 2.24) is 9.97 Å². The second-order valence-corrected chi connectivity index (χ2v) is 4.11. The Morgan fingerprint density at radius 1 is 1.25 bits per heavy atom. The summed E-state index contributed by atoms with van der Waals surface area (Å²) >= 11 is 0. The summed E-state index contributed by atoms with van der Waals surface area (Å²) in [5.41, 5.74) is 4.51. The fourth-order valence-electron chi connectivity index (χ4n) is 2.11. The number of benzene rings is 1. The van der Waals surface area contributed by atoms with E-state index >= 15 is 0 Å². The molecule has 0 atom stereocenters. The fraction of sp³-hybridized carbons (Fsp3) is 0.231. The van der Waals surface area contributed by atoms with Crippen LogP contribution in [-0.4, -0.2) is 15.8 Å². The molecule has 0 saturated heterocycles. The zero-order chi connectivity index (χ0) is 11.0. The zero-order valence-electron chi connectivity index (χ0n) is 8.86. The minimum absolute atomic E-state index is 0.339. The van der Waals surface area contributed by atoms with Crippen LogP contribution in [0.5, 0.6) is 0 Å². The van der Waals surface area contributed by atoms with Crippen molar-refractivity contribution in [3.8, 4) is 0 Å². The number of allylic oxidation sites excluding steroid dienone is 2. The molecule has 3 heteroatoms. The lowest BCUT2D eigenvalue weighted by molar-refractivity contribution is -0.118. The summed E-state index contributed by atoms with van der Waals surface area (Å²) in [6.45, 7) is 0. The van der Waals surface area contributed by atoms with Crippen LogP contribution < -0.4 is 0 Å². The first-order chi connectivity index (χ1) is 7.83. The number of H-pyrrole nitrogens is 1. The van der Waals surface area contributed by atoms with E-state index in [4.69, 9.17) is 0 Å². The number of carbonyl (C=O) groups excluding carboxylic acids is 1. The summed E-state index contributed by atoms with van der Waals surface area (Å²) in [6.07, 6.45) is 5.86. The lowest BCUT2D eigenvalue weighted by atomic mass is 9.93. The lowest BCUT2D eigenvalue weighted by Gasteiger charge is -2.12. The number of hydrogen-bond acceptors (Lipinski definition) is 2. The second-order valence-electron chi connectivity index (χ2n) is 4.11. The van der Waals surface area contributed by atoms with Crippen molar-refractivity contribution in [2.45, 2.75) is 19.3 Å². The van der Waals surface area contributed by atoms with E-state index in [2.05, 4.69) is 22.1 Å². The molecule has 80 valence electrons. The van der Waals surface area contributed by atoms with Gasteiger partial charge in [-0.1, -0.05) is 12.1 Å². The highest BCUT2D eigenvalue weighted by Gasteiger charge is 2.12. The Morgan fingerprint density at radius 2 is 2.19 bits per heavy atom. The molecule has 0 amide bonds. The molecule has 0 saturated carbocycles. The summed E-state index contributed by atoms with van der Waals surface area (Å²) in [6, 6.07) is 6.19. The Labute approximate surface area is 93.2 Å². The number of rotatable bonds is 1. The normalized spacial score (nSPS) is 16.5. The molecule has 1 aromatic heterocycles. The number of nitrogens with zero attached hydrogens (tertiary/aromatic N) is 1. The van der Waals surface area contributed by atoms with Crippen molar-refractivity contribution >= 4 is 22.4 Å². The minimum atomic E-state index is 0.339. The first-order valence-electron chi connectivity index (χ1n) is 5.47. The summed E-state index contributed by atoms with van der Waals surface area (Å²) < 4.78 is 0. The molecule has 1 aliphatic rings. The van der Waals surface area contributed by atoms with Gasteiger partial charge in [-0.3, -0.25) is 4.79 Å². The van der Waals surface area contributed by atoms with Crippen molar-refractivity contribution in [1.29, 1.82) is 0 Å². The molecule has 0 fully saturated rings. The van der Waals surface area contributed by atoms with E-state index in [1.165, 1.54) is 11.1 Å². The van der Waals surface area contributed by atoms with E-state index in [9.17, 15) is 4.79 Å². The molecular weight excluding hydrogens is 200 g/mol. The Hall–Kier alpha value is -1.90. The molecule has 0 aliphatic heterocycles. The van der Waals surface area contributed by atoms with Crippen molar-refractivity contribution in [2.24, 2.45) is 0 Å². The maximum atomic E-state index is 11.2. The molecule has 0 radical (unpaired) electrons. The van der Waals surface area contributed by atoms with E-state index in [1.807, 2.05) is 12.1 Å². The number of Topliss-reactive ketones (excluding diaryl/α,β-unsaturated/α-hetero) is 1. The maximum absolute atomic E-state index is 11.2. The molecule has 16 heavy (non-hydrogen) atoms. The molecule has 3 rings (SSSR count). The van der Waals surface area contributed by atoms with Crippen LogP contribution in [-0.2, 0) is 4.79 Å². The van der Waals surface area contributed by atoms with Gasteiger partial charge >= 0.3 is 0 Å². The third-order valence-corrected chi connectivity index (χ3v) is 3.04. The SMILES string of the molecule is O=C1CC=C(c2ccc3nc[nH]c3c2)CC1. The molecule has 1 aromatic carbocycles. The van der Waals surface area contributed by atoms with Gasteiger partial charge in [-0.15, -0.1) is 0 Å². The van der Waals surface area contributed by atoms with Gasteiger partial charge in [0.05, 0.1) is 17.4 Å². The molecular formula is C13H12N2O. The van der Waals surface area contributed by atoms with E-state index in [0.717, 1.165) is 17.5 Å². The molecule has 3 nitrogen and oxygen atoms in total. The number of carbonyl (C=O) groups is 1. The fourth-order valence-corrected chi connectivity index (χ4v) is 2.11. The minimum Gasteiger partial charge on any atom is -0.345 e. The van der Waals surface area contributed by atoms with Crippen molar-refractivity contribution in [3.05, 3.63) is 36.2 Å². The van der Waals surface area contributed by atoms with Crippen LogP contribution in [0.2, 0.25) is 0 Å². The molecule has 1 N–H and O–H groups in total. The molecule has 0 spiro atoms. The Balaban J connectivity index is 2.02. The number of hydrogen-bond donors (Lipinski definition) is 1. The lowest BCUT2D eigenvalue weighted by Crippen LogP contribution is -2.02. The Bertz CT molecular complexity index is 580. The number of imidazole rings is 1. The first kappa shape index (κ1) is 9.33. The monoisotopic (exact) mass is 212 g/mol. The third-order valence-electron chi connectivity index (χ3n) is 3.04. The van der Waals surface area contributed by atoms with Crippen LogP contribution in [0.15, 0.2) is 30.6 Å². The zero-order valence-corrected chi connectivity index (χ0v) is 8.86. The summed E-state index contributed by atoms with van der Waals surface area (Å²) in [7, 11) is 0. The van der Waals surface area contributed by atoms with Crippen LogP contribution >= 0.6 is 0 Å². The first-order valence-corrected chi connectivity index (χ1v) is 5.47. The van der Waals surface area contributed by atoms with Crippen molar-refractivity contribution in [3.63, 3.8) is 0 Å². The molecule has 1 heterocycles. The highest BCUT2D eigenvalue weighted by molar-refractivity contribution is 5.88. The standard InChI is InChI=1S/C13H12N2O/c16-11-4-1-9(2-5-11)10-3-6-12-13(7-10)15-8-14-12/h1,3,6-8H,2,4-5H2,(H,14,15). The van der Waals surface area contributed by atoms with Gasteiger partial charge in [-0.05, 0) is 29.7 Å². The average Bonchev–Trinajstić information content (AvgIpc) is 2.77. The van der Waals surface area contributed by atoms with Crippen molar-refractivity contribution < 1.29 is 4.79 Å². The Morgan fingerprint density at radius 3 is 3.00 bits per heavy atom. The van der Waals surface area contributed by atoms with E-state index < -0.39 is 0 Å². The predicted molar refractivity (Wildman–Crippen MR) is 62.9 cm³/mol. The van der Waals surface area contributed by atoms with E-state index in [1.54, 1.807) is 6.33 Å². The van der Waals surface area contributed by atoms with Crippen LogP contribution in [0.4, 0.5) is 0 Å². The number of ketones is 1. The Kier molecular flexibility index (Phi) is 2.10. The number of fused-ring (bicyclic) bond motifs is 1. The van der Waals surface area contributed by atoms with Crippen LogP contribution in [0.3, 0.4) is 0 Å². The van der Waals surface area contributed by atoms with Crippen molar-refractivity contribution in [2.75, 3.05) is 0 Å². The van der Waals surface area contributed by atoms with Gasteiger partial charge in [0, 0.05) is 12.8 Å². The van der Waals surface area contributed by atoms with Crippen LogP contribution in [0.25, 0.3) is 16.6 Å². The van der Waals surface area contributed by atoms with Gasteiger partial charge < -0.3 is 4.98 Å². The highest BCUT2D eigenvalue weighted by atomic mass is 16.1. The number of aromatic nitrogens is 2. The summed E-state index contributed by atoms with van der Waals surface area (Å²) in [5.74, 6) is 0.339. The van der Waals surface area contributed by atoms with E-state index in [0.29, 0.717) is 18.6 Å². The number of aromatic amines is 1. The van der Waals surface area contributed by atoms with Gasteiger partial charge in [0.1, 0.15) is 5.78 Å². The van der Waals surface area contributed by atoms with E-state index in [-0.39, 0.29) is 0 Å². The second kappa shape index (κ2) is 3.59. The number of nitrogens with one attached hydrogen (secondary N) is 1. The highest BCUT2D eigenvalue weighted by Crippen LogP contribution is 2.26. The third kappa shape index (κ3) is 1.54. The summed E-state index contributed by atoms with van der Waals surface area (Å²) in [4.78, 5) is 18.4. The predicted octanol–water partition coefficient (Wildman–Crippen LogP) is 2.70. The van der Waals surface area contributed by atoms with Gasteiger partial charge in [0.25, 0.3) is 0 Å². The maximum Gasteiger partial charge on any atom is 0.137 e. The quantitative estimate of drug-likeness (QED) is 0.789. The van der Waals surface area contributed by atoms with Gasteiger partial charge in [0.15, 0.2) is 0 Å². The topological polar surface area (TPSA) is 45.8 Å². The summed E-state index contributed by atoms with van der Waals surface area (Å²) in [5, 5.41) is 0. The smallest absolute Gasteiger partial charge is 0.137 e. The molecule has 1 aliphatic carbocycles. The molecule has 2 aromatic rings. The average molecular weight is 212 g/mol. The largest absolute Gasteiger partial charge is 0.345 e. The van der Waals surface area contributed by atoms with Crippen LogP contribution in [0.1, 0.15) is 24.8 Å².